The first kappa shape index (κ1) is 14.9. The van der Waals surface area contributed by atoms with Gasteiger partial charge in [-0.1, -0.05) is 6.07 Å². The molecule has 0 radical (unpaired) electrons. The number of ether oxygens (including phenoxy) is 1. The molecular formula is C14H19FN2O3. The third-order valence-electron chi connectivity index (χ3n) is 3.57. The van der Waals surface area contributed by atoms with E-state index in [0.29, 0.717) is 12.5 Å². The van der Waals surface area contributed by atoms with Gasteiger partial charge in [-0.3, -0.25) is 10.1 Å². The smallest absolute Gasteiger partial charge is 0.304 e. The molecule has 0 aromatic heterocycles. The van der Waals surface area contributed by atoms with Gasteiger partial charge in [0.05, 0.1) is 4.92 Å². The Balaban J connectivity index is 1.92. The molecular weight excluding hydrogens is 263 g/mol. The lowest BCUT2D eigenvalue weighted by Gasteiger charge is -2.27. The largest absolute Gasteiger partial charge is 0.381 e. The van der Waals surface area contributed by atoms with Crippen LogP contribution in [-0.4, -0.2) is 36.6 Å². The minimum atomic E-state index is -0.771. The van der Waals surface area contributed by atoms with Gasteiger partial charge in [0.15, 0.2) is 0 Å². The van der Waals surface area contributed by atoms with E-state index in [0.717, 1.165) is 38.2 Å². The van der Waals surface area contributed by atoms with E-state index in [9.17, 15) is 14.5 Å². The maximum absolute atomic E-state index is 13.5. The Labute approximate surface area is 117 Å². The molecule has 1 saturated heterocycles. The molecule has 1 aromatic rings. The van der Waals surface area contributed by atoms with Crippen molar-refractivity contribution in [3.8, 4) is 0 Å². The maximum atomic E-state index is 13.5. The summed E-state index contributed by atoms with van der Waals surface area (Å²) in [6.07, 6.45) is 2.11. The zero-order valence-corrected chi connectivity index (χ0v) is 11.5. The molecule has 110 valence electrons. The van der Waals surface area contributed by atoms with Crippen LogP contribution >= 0.6 is 0 Å². The van der Waals surface area contributed by atoms with E-state index in [1.54, 1.807) is 6.07 Å². The molecule has 0 saturated carbocycles. The Bertz CT molecular complexity index is 475. The van der Waals surface area contributed by atoms with Crippen LogP contribution in [0.2, 0.25) is 0 Å². The second kappa shape index (κ2) is 6.76. The lowest BCUT2D eigenvalue weighted by atomic mass is 10.00. The van der Waals surface area contributed by atoms with Crippen LogP contribution in [0.4, 0.5) is 10.1 Å². The fourth-order valence-electron chi connectivity index (χ4n) is 2.54. The number of benzene rings is 1. The van der Waals surface area contributed by atoms with Gasteiger partial charge in [0, 0.05) is 32.4 Å². The summed E-state index contributed by atoms with van der Waals surface area (Å²) in [5.74, 6) is -0.163. The molecule has 0 atom stereocenters. The highest BCUT2D eigenvalue weighted by atomic mass is 19.1. The van der Waals surface area contributed by atoms with Crippen molar-refractivity contribution < 1.29 is 14.1 Å². The summed E-state index contributed by atoms with van der Waals surface area (Å²) < 4.78 is 18.9. The number of hydrogen-bond donors (Lipinski definition) is 0. The summed E-state index contributed by atoms with van der Waals surface area (Å²) in [4.78, 5) is 12.0. The topological polar surface area (TPSA) is 55.6 Å². The van der Waals surface area contributed by atoms with Crippen LogP contribution in [0.5, 0.6) is 0 Å². The quantitative estimate of drug-likeness (QED) is 0.615. The SMILES string of the molecule is CN(Cc1ccc([N+](=O)[O-])c(F)c1)CC1CCOCC1. The predicted molar refractivity (Wildman–Crippen MR) is 72.9 cm³/mol. The minimum Gasteiger partial charge on any atom is -0.381 e. The van der Waals surface area contributed by atoms with Gasteiger partial charge in [0.25, 0.3) is 0 Å². The average molecular weight is 282 g/mol. The molecule has 20 heavy (non-hydrogen) atoms. The van der Waals surface area contributed by atoms with Crippen LogP contribution in [0.25, 0.3) is 0 Å². The van der Waals surface area contributed by atoms with Gasteiger partial charge in [-0.05, 0) is 37.4 Å². The lowest BCUT2D eigenvalue weighted by Crippen LogP contribution is -2.29. The Morgan fingerprint density at radius 1 is 1.45 bits per heavy atom. The summed E-state index contributed by atoms with van der Waals surface area (Å²) >= 11 is 0. The van der Waals surface area contributed by atoms with Crippen LogP contribution in [0.15, 0.2) is 18.2 Å². The molecule has 6 heteroatoms. The van der Waals surface area contributed by atoms with Crippen LogP contribution in [0, 0.1) is 21.8 Å². The predicted octanol–water partition coefficient (Wildman–Crippen LogP) is 2.59. The summed E-state index contributed by atoms with van der Waals surface area (Å²) in [5.41, 5.74) is 0.281. The first-order valence-corrected chi connectivity index (χ1v) is 6.75. The molecule has 0 amide bonds. The number of nitrogens with zero attached hydrogens (tertiary/aromatic N) is 2. The van der Waals surface area contributed by atoms with E-state index < -0.39 is 16.4 Å². The Hall–Kier alpha value is -1.53. The number of halogens is 1. The van der Waals surface area contributed by atoms with Crippen molar-refractivity contribution in [1.29, 1.82) is 0 Å². The van der Waals surface area contributed by atoms with E-state index in [4.69, 9.17) is 4.74 Å². The second-order valence-corrected chi connectivity index (χ2v) is 5.30. The second-order valence-electron chi connectivity index (χ2n) is 5.30. The average Bonchev–Trinajstić information content (AvgIpc) is 2.39. The summed E-state index contributed by atoms with van der Waals surface area (Å²) in [7, 11) is 1.98. The number of nitro benzene ring substituents is 1. The van der Waals surface area contributed by atoms with Crippen molar-refractivity contribution in [3.63, 3.8) is 0 Å². The van der Waals surface area contributed by atoms with Gasteiger partial charge in [0.2, 0.25) is 5.82 Å². The molecule has 0 N–H and O–H groups in total. The Kier molecular flexibility index (Phi) is 5.03. The van der Waals surface area contributed by atoms with E-state index in [1.165, 1.54) is 12.1 Å². The molecule has 5 nitrogen and oxygen atoms in total. The van der Waals surface area contributed by atoms with Crippen molar-refractivity contribution in [3.05, 3.63) is 39.7 Å². The highest BCUT2D eigenvalue weighted by molar-refractivity contribution is 5.34. The maximum Gasteiger partial charge on any atom is 0.304 e. The molecule has 1 aromatic carbocycles. The molecule has 0 bridgehead atoms. The lowest BCUT2D eigenvalue weighted by molar-refractivity contribution is -0.387. The Morgan fingerprint density at radius 2 is 2.15 bits per heavy atom. The fraction of sp³-hybridized carbons (Fsp3) is 0.571. The normalized spacial score (nSPS) is 16.6. The minimum absolute atomic E-state index is 0.471. The van der Waals surface area contributed by atoms with Gasteiger partial charge >= 0.3 is 5.69 Å². The molecule has 0 aliphatic carbocycles. The van der Waals surface area contributed by atoms with Crippen LogP contribution < -0.4 is 0 Å². The molecule has 1 aliphatic rings. The van der Waals surface area contributed by atoms with Crippen molar-refractivity contribution >= 4 is 5.69 Å². The standard InChI is InChI=1S/C14H19FN2O3/c1-16(9-11-4-6-20-7-5-11)10-12-2-3-14(17(18)19)13(15)8-12/h2-3,8,11H,4-7,9-10H2,1H3. The molecule has 0 unspecified atom stereocenters. The van der Waals surface area contributed by atoms with Crippen LogP contribution in [0.1, 0.15) is 18.4 Å². The number of nitro groups is 1. The van der Waals surface area contributed by atoms with Crippen molar-refractivity contribution in [1.82, 2.24) is 4.90 Å². The first-order valence-electron chi connectivity index (χ1n) is 6.75. The van der Waals surface area contributed by atoms with Crippen LogP contribution in [0.3, 0.4) is 0 Å². The third kappa shape index (κ3) is 3.98. The Morgan fingerprint density at radius 3 is 2.75 bits per heavy atom. The van der Waals surface area contributed by atoms with Gasteiger partial charge in [-0.15, -0.1) is 0 Å². The fourth-order valence-corrected chi connectivity index (χ4v) is 2.54. The van der Waals surface area contributed by atoms with Crippen molar-refractivity contribution in [2.45, 2.75) is 19.4 Å². The molecule has 1 aliphatic heterocycles. The third-order valence-corrected chi connectivity index (χ3v) is 3.57. The van der Waals surface area contributed by atoms with Crippen molar-refractivity contribution in [2.75, 3.05) is 26.8 Å². The van der Waals surface area contributed by atoms with Crippen molar-refractivity contribution in [2.24, 2.45) is 5.92 Å². The zero-order chi connectivity index (χ0) is 14.5. The number of rotatable bonds is 5. The summed E-state index contributed by atoms with van der Waals surface area (Å²) in [6.45, 7) is 3.14. The zero-order valence-electron chi connectivity index (χ0n) is 11.5. The molecule has 0 spiro atoms. The van der Waals surface area contributed by atoms with E-state index in [1.807, 2.05) is 7.05 Å². The summed E-state index contributed by atoms with van der Waals surface area (Å²) in [6, 6.07) is 4.09. The highest BCUT2D eigenvalue weighted by Crippen LogP contribution is 2.20. The highest BCUT2D eigenvalue weighted by Gasteiger charge is 2.17. The van der Waals surface area contributed by atoms with Gasteiger partial charge in [-0.25, -0.2) is 0 Å². The van der Waals surface area contributed by atoms with E-state index in [2.05, 4.69) is 4.90 Å². The van der Waals surface area contributed by atoms with E-state index >= 15 is 0 Å². The van der Waals surface area contributed by atoms with Gasteiger partial charge in [0.1, 0.15) is 0 Å². The van der Waals surface area contributed by atoms with Gasteiger partial charge < -0.3 is 9.64 Å². The monoisotopic (exact) mass is 282 g/mol. The molecule has 1 fully saturated rings. The van der Waals surface area contributed by atoms with Gasteiger partial charge in [-0.2, -0.15) is 4.39 Å². The van der Waals surface area contributed by atoms with Crippen LogP contribution in [-0.2, 0) is 11.3 Å². The number of hydrogen-bond acceptors (Lipinski definition) is 4. The summed E-state index contributed by atoms with van der Waals surface area (Å²) in [5, 5.41) is 10.6. The van der Waals surface area contributed by atoms with E-state index in [-0.39, 0.29) is 0 Å². The molecule has 2 rings (SSSR count). The molecule has 1 heterocycles. The first-order chi connectivity index (χ1) is 9.56.